The first-order valence-corrected chi connectivity index (χ1v) is 6.38. The van der Waals surface area contributed by atoms with Gasteiger partial charge >= 0.3 is 0 Å². The predicted molar refractivity (Wildman–Crippen MR) is 75.0 cm³/mol. The Bertz CT molecular complexity index is 579. The number of ether oxygens (including phenoxy) is 1. The van der Waals surface area contributed by atoms with Gasteiger partial charge in [0, 0.05) is 12.3 Å². The van der Waals surface area contributed by atoms with E-state index in [9.17, 15) is 4.79 Å². The van der Waals surface area contributed by atoms with Gasteiger partial charge in [-0.3, -0.25) is 4.79 Å². The molecule has 98 valence electrons. The molecule has 0 bridgehead atoms. The van der Waals surface area contributed by atoms with E-state index in [0.29, 0.717) is 17.4 Å². The van der Waals surface area contributed by atoms with Gasteiger partial charge in [0.1, 0.15) is 5.75 Å². The van der Waals surface area contributed by atoms with Crippen LogP contribution in [0.15, 0.2) is 42.6 Å². The smallest absolute Gasteiger partial charge is 0.253 e. The summed E-state index contributed by atoms with van der Waals surface area (Å²) in [5.74, 6) is 1.57. The first-order chi connectivity index (χ1) is 9.08. The predicted octanol–water partition coefficient (Wildman–Crippen LogP) is 4.38. The second kappa shape index (κ2) is 5.85. The molecule has 3 nitrogen and oxygen atoms in total. The lowest BCUT2D eigenvalue weighted by Gasteiger charge is -2.12. The fourth-order valence-corrected chi connectivity index (χ4v) is 1.83. The van der Waals surface area contributed by atoms with Gasteiger partial charge in [-0.15, -0.1) is 0 Å². The molecule has 4 heteroatoms. The molecule has 0 radical (unpaired) electrons. The molecule has 19 heavy (non-hydrogen) atoms. The molecule has 0 aliphatic rings. The summed E-state index contributed by atoms with van der Waals surface area (Å²) >= 11 is 5.36. The van der Waals surface area contributed by atoms with Crippen molar-refractivity contribution in [2.24, 2.45) is 0 Å². The summed E-state index contributed by atoms with van der Waals surface area (Å²) in [6.07, 6.45) is 1.41. The van der Waals surface area contributed by atoms with Gasteiger partial charge in [-0.25, -0.2) is 4.98 Å². The number of benzene rings is 1. The Balaban J connectivity index is 2.24. The molecule has 1 aromatic carbocycles. The van der Waals surface area contributed by atoms with Crippen LogP contribution in [0.1, 0.15) is 35.7 Å². The monoisotopic (exact) mass is 275 g/mol. The number of hydrogen-bond acceptors (Lipinski definition) is 3. The Morgan fingerprint density at radius 1 is 1.21 bits per heavy atom. The average molecular weight is 276 g/mol. The summed E-state index contributed by atoms with van der Waals surface area (Å²) in [5.41, 5.74) is 1.47. The van der Waals surface area contributed by atoms with Gasteiger partial charge in [-0.2, -0.15) is 0 Å². The van der Waals surface area contributed by atoms with E-state index in [4.69, 9.17) is 16.3 Å². The van der Waals surface area contributed by atoms with Crippen LogP contribution < -0.4 is 4.74 Å². The summed E-state index contributed by atoms with van der Waals surface area (Å²) in [5, 5.41) is -0.526. The normalized spacial score (nSPS) is 10.5. The molecule has 0 aliphatic carbocycles. The number of pyridine rings is 1. The molecule has 1 heterocycles. The van der Waals surface area contributed by atoms with Crippen molar-refractivity contribution in [2.45, 2.75) is 19.8 Å². The van der Waals surface area contributed by atoms with E-state index in [2.05, 4.69) is 18.8 Å². The van der Waals surface area contributed by atoms with Crippen molar-refractivity contribution in [3.8, 4) is 11.6 Å². The quantitative estimate of drug-likeness (QED) is 0.778. The largest absolute Gasteiger partial charge is 0.439 e. The molecule has 0 N–H and O–H groups in total. The van der Waals surface area contributed by atoms with Crippen molar-refractivity contribution in [1.29, 1.82) is 0 Å². The van der Waals surface area contributed by atoms with Gasteiger partial charge in [0.15, 0.2) is 0 Å². The van der Waals surface area contributed by atoms with Gasteiger partial charge in [-0.1, -0.05) is 32.0 Å². The first-order valence-electron chi connectivity index (χ1n) is 6.00. The SMILES string of the molecule is CC(C)c1ccccc1Oc1ccc(C(=O)Cl)cn1. The second-order valence-electron chi connectivity index (χ2n) is 4.45. The van der Waals surface area contributed by atoms with Crippen LogP contribution in [0.2, 0.25) is 0 Å². The number of nitrogens with zero attached hydrogens (tertiary/aromatic N) is 1. The number of rotatable bonds is 4. The third-order valence-electron chi connectivity index (χ3n) is 2.72. The van der Waals surface area contributed by atoms with Crippen LogP contribution in [-0.4, -0.2) is 10.2 Å². The molecule has 0 saturated heterocycles. The number of halogens is 1. The Hall–Kier alpha value is -1.87. The molecule has 2 aromatic rings. The maximum Gasteiger partial charge on any atom is 0.253 e. The lowest BCUT2D eigenvalue weighted by Crippen LogP contribution is -1.96. The number of hydrogen-bond donors (Lipinski definition) is 0. The van der Waals surface area contributed by atoms with Crippen LogP contribution in [0, 0.1) is 0 Å². The molecule has 0 fully saturated rings. The number of carbonyl (C=O) groups excluding carboxylic acids is 1. The summed E-state index contributed by atoms with van der Waals surface area (Å²) in [7, 11) is 0. The Morgan fingerprint density at radius 2 is 1.95 bits per heavy atom. The van der Waals surface area contributed by atoms with E-state index < -0.39 is 5.24 Å². The Morgan fingerprint density at radius 3 is 2.53 bits per heavy atom. The van der Waals surface area contributed by atoms with E-state index in [0.717, 1.165) is 11.3 Å². The van der Waals surface area contributed by atoms with Crippen molar-refractivity contribution in [3.63, 3.8) is 0 Å². The third kappa shape index (κ3) is 3.32. The molecule has 2 rings (SSSR count). The highest BCUT2D eigenvalue weighted by molar-refractivity contribution is 6.67. The van der Waals surface area contributed by atoms with E-state index in [1.807, 2.05) is 24.3 Å². The number of carbonyl (C=O) groups is 1. The van der Waals surface area contributed by atoms with Gasteiger partial charge < -0.3 is 4.74 Å². The minimum atomic E-state index is -0.526. The van der Waals surface area contributed by atoms with Crippen molar-refractivity contribution in [1.82, 2.24) is 4.98 Å². The van der Waals surface area contributed by atoms with Gasteiger partial charge in [0.05, 0.1) is 5.56 Å². The third-order valence-corrected chi connectivity index (χ3v) is 2.94. The van der Waals surface area contributed by atoms with Crippen LogP contribution in [0.3, 0.4) is 0 Å². The van der Waals surface area contributed by atoms with Crippen molar-refractivity contribution < 1.29 is 9.53 Å². The summed E-state index contributed by atoms with van der Waals surface area (Å²) in [4.78, 5) is 15.0. The van der Waals surface area contributed by atoms with E-state index in [1.165, 1.54) is 6.20 Å². The Labute approximate surface area is 117 Å². The second-order valence-corrected chi connectivity index (χ2v) is 4.80. The van der Waals surface area contributed by atoms with Crippen LogP contribution in [0.4, 0.5) is 0 Å². The molecule has 0 saturated carbocycles. The van der Waals surface area contributed by atoms with Gasteiger partial charge in [0.25, 0.3) is 5.24 Å². The highest BCUT2D eigenvalue weighted by Crippen LogP contribution is 2.29. The van der Waals surface area contributed by atoms with Crippen molar-refractivity contribution >= 4 is 16.8 Å². The molecule has 0 atom stereocenters. The molecular formula is C15H14ClNO2. The highest BCUT2D eigenvalue weighted by Gasteiger charge is 2.09. The van der Waals surface area contributed by atoms with E-state index in [-0.39, 0.29) is 0 Å². The fraction of sp³-hybridized carbons (Fsp3) is 0.200. The topological polar surface area (TPSA) is 39.2 Å². The zero-order valence-corrected chi connectivity index (χ0v) is 11.5. The van der Waals surface area contributed by atoms with Crippen LogP contribution >= 0.6 is 11.6 Å². The van der Waals surface area contributed by atoms with E-state index in [1.54, 1.807) is 12.1 Å². The minimum absolute atomic E-state index is 0.353. The van der Waals surface area contributed by atoms with E-state index >= 15 is 0 Å². The molecule has 0 spiro atoms. The molecule has 1 aromatic heterocycles. The van der Waals surface area contributed by atoms with Crippen LogP contribution in [0.25, 0.3) is 0 Å². The summed E-state index contributed by atoms with van der Waals surface area (Å²) in [6.45, 7) is 4.20. The standard InChI is InChI=1S/C15H14ClNO2/c1-10(2)12-5-3-4-6-13(12)19-14-8-7-11(9-17-14)15(16)18/h3-10H,1-2H3. The first kappa shape index (κ1) is 13.6. The average Bonchev–Trinajstić information content (AvgIpc) is 2.39. The zero-order valence-electron chi connectivity index (χ0n) is 10.8. The van der Waals surface area contributed by atoms with Gasteiger partial charge in [-0.05, 0) is 35.2 Å². The molecular weight excluding hydrogens is 262 g/mol. The minimum Gasteiger partial charge on any atom is -0.439 e. The summed E-state index contributed by atoms with van der Waals surface area (Å²) < 4.78 is 5.74. The maximum absolute atomic E-state index is 10.9. The Kier molecular flexibility index (Phi) is 4.17. The van der Waals surface area contributed by atoms with Crippen molar-refractivity contribution in [2.75, 3.05) is 0 Å². The number of para-hydroxylation sites is 1. The van der Waals surface area contributed by atoms with Crippen molar-refractivity contribution in [3.05, 3.63) is 53.7 Å². The highest BCUT2D eigenvalue weighted by atomic mass is 35.5. The number of aromatic nitrogens is 1. The maximum atomic E-state index is 10.9. The summed E-state index contributed by atoms with van der Waals surface area (Å²) in [6, 6.07) is 11.0. The molecule has 0 amide bonds. The molecule has 0 unspecified atom stereocenters. The molecule has 0 aliphatic heterocycles. The lowest BCUT2D eigenvalue weighted by molar-refractivity contribution is 0.108. The van der Waals surface area contributed by atoms with Gasteiger partial charge in [0.2, 0.25) is 5.88 Å². The fourth-order valence-electron chi connectivity index (χ4n) is 1.72. The van der Waals surface area contributed by atoms with Crippen LogP contribution in [-0.2, 0) is 0 Å². The van der Waals surface area contributed by atoms with Crippen LogP contribution in [0.5, 0.6) is 11.6 Å². The lowest BCUT2D eigenvalue weighted by atomic mass is 10.0. The zero-order chi connectivity index (χ0) is 13.8.